The molecule has 0 aromatic heterocycles. The highest BCUT2D eigenvalue weighted by molar-refractivity contribution is 6.02. The maximum atomic E-state index is 12.7. The third-order valence-electron chi connectivity index (χ3n) is 5.71. The van der Waals surface area contributed by atoms with Gasteiger partial charge in [0.2, 0.25) is 5.91 Å². The van der Waals surface area contributed by atoms with Gasteiger partial charge in [-0.25, -0.2) is 0 Å². The number of nitro groups is 1. The van der Waals surface area contributed by atoms with Crippen LogP contribution in [0.4, 0.5) is 17.1 Å². The summed E-state index contributed by atoms with van der Waals surface area (Å²) >= 11 is 0. The summed E-state index contributed by atoms with van der Waals surface area (Å²) in [5.74, 6) is -0.444. The van der Waals surface area contributed by atoms with Crippen molar-refractivity contribution in [2.24, 2.45) is 0 Å². The number of ether oxygens (including phenoxy) is 1. The zero-order valence-electron chi connectivity index (χ0n) is 17.8. The second kappa shape index (κ2) is 9.23. The van der Waals surface area contributed by atoms with Gasteiger partial charge in [0.15, 0.2) is 6.61 Å². The van der Waals surface area contributed by atoms with Crippen molar-refractivity contribution >= 4 is 28.9 Å². The minimum Gasteiger partial charge on any atom is -0.482 e. The smallest absolute Gasteiger partial charge is 0.271 e. The molecule has 1 fully saturated rings. The van der Waals surface area contributed by atoms with Crippen LogP contribution in [-0.2, 0) is 16.1 Å². The van der Waals surface area contributed by atoms with Gasteiger partial charge in [-0.3, -0.25) is 24.6 Å². The Kier molecular flexibility index (Phi) is 6.22. The van der Waals surface area contributed by atoms with E-state index in [-0.39, 0.29) is 30.4 Å². The molecular formula is C22H25N5O5. The van der Waals surface area contributed by atoms with Gasteiger partial charge >= 0.3 is 0 Å². The van der Waals surface area contributed by atoms with Crippen molar-refractivity contribution in [3.8, 4) is 5.75 Å². The fourth-order valence-electron chi connectivity index (χ4n) is 3.89. The Bertz CT molecular complexity index is 1040. The number of hydrogen-bond acceptors (Lipinski definition) is 7. The molecule has 32 heavy (non-hydrogen) atoms. The van der Waals surface area contributed by atoms with Crippen molar-refractivity contribution in [3.63, 3.8) is 0 Å². The standard InChI is InChI=1S/C22H25N5O5/c1-24-8-10-25(11-9-24)18-5-3-2-4-16(18)13-23-21(28)14-26-19-12-17(27(30)31)6-7-20(19)32-15-22(26)29/h2-7,12H,8-11,13-15H2,1H3,(H,23,28). The summed E-state index contributed by atoms with van der Waals surface area (Å²) in [6.07, 6.45) is 0. The average molecular weight is 439 g/mol. The first kappa shape index (κ1) is 21.6. The number of anilines is 2. The van der Waals surface area contributed by atoms with Crippen molar-refractivity contribution in [2.45, 2.75) is 6.54 Å². The van der Waals surface area contributed by atoms with E-state index in [1.165, 1.54) is 23.1 Å². The number of para-hydroxylation sites is 1. The molecule has 0 aliphatic carbocycles. The summed E-state index contributed by atoms with van der Waals surface area (Å²) < 4.78 is 5.35. The number of likely N-dealkylation sites (N-methyl/N-ethyl adjacent to an activating group) is 1. The first-order chi connectivity index (χ1) is 15.4. The molecule has 4 rings (SSSR count). The molecule has 10 heteroatoms. The van der Waals surface area contributed by atoms with E-state index in [2.05, 4.69) is 22.2 Å². The highest BCUT2D eigenvalue weighted by Gasteiger charge is 2.29. The van der Waals surface area contributed by atoms with Gasteiger partial charge in [0.1, 0.15) is 12.3 Å². The molecule has 168 valence electrons. The van der Waals surface area contributed by atoms with Crippen LogP contribution < -0.4 is 19.9 Å². The topological polar surface area (TPSA) is 108 Å². The minimum atomic E-state index is -0.549. The summed E-state index contributed by atoms with van der Waals surface area (Å²) in [5, 5.41) is 14.0. The maximum absolute atomic E-state index is 12.7. The molecule has 2 aliphatic heterocycles. The molecule has 1 N–H and O–H groups in total. The van der Waals surface area contributed by atoms with Crippen molar-refractivity contribution in [2.75, 3.05) is 56.2 Å². The highest BCUT2D eigenvalue weighted by atomic mass is 16.6. The van der Waals surface area contributed by atoms with E-state index in [9.17, 15) is 19.7 Å². The van der Waals surface area contributed by atoms with Crippen LogP contribution in [-0.4, -0.2) is 68.0 Å². The first-order valence-electron chi connectivity index (χ1n) is 10.4. The number of nitro benzene ring substituents is 1. The van der Waals surface area contributed by atoms with Crippen LogP contribution in [0.1, 0.15) is 5.56 Å². The van der Waals surface area contributed by atoms with Gasteiger partial charge in [-0.2, -0.15) is 0 Å². The molecule has 2 aromatic carbocycles. The van der Waals surface area contributed by atoms with E-state index < -0.39 is 10.8 Å². The van der Waals surface area contributed by atoms with Crippen molar-refractivity contribution in [1.29, 1.82) is 0 Å². The summed E-state index contributed by atoms with van der Waals surface area (Å²) in [6, 6.07) is 11.9. The second-order valence-electron chi connectivity index (χ2n) is 7.87. The predicted octanol–water partition coefficient (Wildman–Crippen LogP) is 1.39. The number of hydrogen-bond donors (Lipinski definition) is 1. The van der Waals surface area contributed by atoms with E-state index in [4.69, 9.17) is 4.74 Å². The van der Waals surface area contributed by atoms with Gasteiger partial charge in [-0.15, -0.1) is 0 Å². The number of carbonyl (C=O) groups is 2. The fraction of sp³-hybridized carbons (Fsp3) is 0.364. The molecule has 0 saturated carbocycles. The molecule has 2 aromatic rings. The lowest BCUT2D eigenvalue weighted by molar-refractivity contribution is -0.384. The fourth-order valence-corrected chi connectivity index (χ4v) is 3.89. The van der Waals surface area contributed by atoms with Crippen LogP contribution >= 0.6 is 0 Å². The third-order valence-corrected chi connectivity index (χ3v) is 5.71. The second-order valence-corrected chi connectivity index (χ2v) is 7.87. The molecule has 0 atom stereocenters. The Balaban J connectivity index is 1.44. The number of non-ortho nitro benzene ring substituents is 1. The molecule has 0 unspecified atom stereocenters. The van der Waals surface area contributed by atoms with Gasteiger partial charge in [0.25, 0.3) is 11.6 Å². The minimum absolute atomic E-state index is 0.173. The van der Waals surface area contributed by atoms with Crippen LogP contribution in [0.25, 0.3) is 0 Å². The van der Waals surface area contributed by atoms with Crippen LogP contribution in [0.3, 0.4) is 0 Å². The lowest BCUT2D eigenvalue weighted by Gasteiger charge is -2.35. The van der Waals surface area contributed by atoms with Gasteiger partial charge in [0.05, 0.1) is 10.6 Å². The number of nitrogens with one attached hydrogen (secondary N) is 1. The summed E-state index contributed by atoms with van der Waals surface area (Å²) in [6.45, 7) is 3.65. The molecular weight excluding hydrogens is 414 g/mol. The first-order valence-corrected chi connectivity index (χ1v) is 10.4. The van der Waals surface area contributed by atoms with Crippen LogP contribution in [0.5, 0.6) is 5.75 Å². The Morgan fingerprint density at radius 3 is 2.62 bits per heavy atom. The van der Waals surface area contributed by atoms with Crippen molar-refractivity contribution in [1.82, 2.24) is 10.2 Å². The van der Waals surface area contributed by atoms with Crippen molar-refractivity contribution in [3.05, 3.63) is 58.1 Å². The Morgan fingerprint density at radius 2 is 1.88 bits per heavy atom. The SMILES string of the molecule is CN1CCN(c2ccccc2CNC(=O)CN2C(=O)COc3ccc([N+](=O)[O-])cc32)CC1. The number of nitrogens with zero attached hydrogens (tertiary/aromatic N) is 4. The van der Waals surface area contributed by atoms with Gasteiger partial charge in [-0.05, 0) is 24.7 Å². The summed E-state index contributed by atoms with van der Waals surface area (Å²) in [4.78, 5) is 41.4. The maximum Gasteiger partial charge on any atom is 0.271 e. The predicted molar refractivity (Wildman–Crippen MR) is 119 cm³/mol. The van der Waals surface area contributed by atoms with Crippen LogP contribution in [0.15, 0.2) is 42.5 Å². The number of piperazine rings is 1. The number of amides is 2. The van der Waals surface area contributed by atoms with Gasteiger partial charge in [0, 0.05) is 50.5 Å². The highest BCUT2D eigenvalue weighted by Crippen LogP contribution is 2.35. The van der Waals surface area contributed by atoms with Crippen LogP contribution in [0.2, 0.25) is 0 Å². The molecule has 2 amide bonds. The molecule has 0 radical (unpaired) electrons. The molecule has 10 nitrogen and oxygen atoms in total. The molecule has 0 spiro atoms. The quantitative estimate of drug-likeness (QED) is 0.535. The molecule has 2 aliphatic rings. The number of carbonyl (C=O) groups excluding carboxylic acids is 2. The Labute approximate surface area is 185 Å². The van der Waals surface area contributed by atoms with E-state index in [1.54, 1.807) is 0 Å². The zero-order valence-corrected chi connectivity index (χ0v) is 17.8. The zero-order chi connectivity index (χ0) is 22.7. The Morgan fingerprint density at radius 1 is 1.12 bits per heavy atom. The number of rotatable bonds is 6. The Hall–Kier alpha value is -3.66. The van der Waals surface area contributed by atoms with E-state index in [0.29, 0.717) is 12.3 Å². The lowest BCUT2D eigenvalue weighted by atomic mass is 10.1. The van der Waals surface area contributed by atoms with Gasteiger partial charge in [-0.1, -0.05) is 18.2 Å². The third kappa shape index (κ3) is 4.65. The van der Waals surface area contributed by atoms with E-state index >= 15 is 0 Å². The lowest BCUT2D eigenvalue weighted by Crippen LogP contribution is -2.46. The monoisotopic (exact) mass is 439 g/mol. The number of benzene rings is 2. The molecule has 1 saturated heterocycles. The summed E-state index contributed by atoms with van der Waals surface area (Å²) in [5.41, 5.74) is 2.14. The largest absolute Gasteiger partial charge is 0.482 e. The normalized spacial score (nSPS) is 16.3. The molecule has 2 heterocycles. The van der Waals surface area contributed by atoms with Gasteiger partial charge < -0.3 is 19.9 Å². The molecule has 0 bridgehead atoms. The van der Waals surface area contributed by atoms with E-state index in [0.717, 1.165) is 37.4 Å². The summed E-state index contributed by atoms with van der Waals surface area (Å²) in [7, 11) is 2.10. The average Bonchev–Trinajstić information content (AvgIpc) is 2.80. The van der Waals surface area contributed by atoms with Crippen molar-refractivity contribution < 1.29 is 19.2 Å². The van der Waals surface area contributed by atoms with E-state index in [1.807, 2.05) is 24.3 Å². The van der Waals surface area contributed by atoms with Crippen LogP contribution in [0, 0.1) is 10.1 Å². The number of fused-ring (bicyclic) bond motifs is 1.